The summed E-state index contributed by atoms with van der Waals surface area (Å²) in [6.07, 6.45) is 4.48. The van der Waals surface area contributed by atoms with Gasteiger partial charge in [-0.2, -0.15) is 0 Å². The third-order valence-corrected chi connectivity index (χ3v) is 4.74. The Labute approximate surface area is 142 Å². The Balaban J connectivity index is 1.65. The van der Waals surface area contributed by atoms with E-state index in [2.05, 4.69) is 17.3 Å². The summed E-state index contributed by atoms with van der Waals surface area (Å²) in [6.45, 7) is 4.20. The monoisotopic (exact) mass is 327 g/mol. The highest BCUT2D eigenvalue weighted by Gasteiger charge is 2.19. The summed E-state index contributed by atoms with van der Waals surface area (Å²) in [4.78, 5) is 26.3. The van der Waals surface area contributed by atoms with Gasteiger partial charge in [-0.05, 0) is 39.4 Å². The van der Waals surface area contributed by atoms with E-state index in [-0.39, 0.29) is 17.7 Å². The summed E-state index contributed by atoms with van der Waals surface area (Å²) >= 11 is 0. The molecule has 128 valence electrons. The lowest BCUT2D eigenvalue weighted by Crippen LogP contribution is -2.46. The number of likely N-dealkylation sites (N-methyl/N-ethyl adjacent to an activating group) is 1. The molecular weight excluding hydrogens is 302 g/mol. The van der Waals surface area contributed by atoms with Gasteiger partial charge in [0.2, 0.25) is 5.91 Å². The van der Waals surface area contributed by atoms with Crippen LogP contribution in [0, 0.1) is 0 Å². The Hall–Kier alpha value is -2.14. The van der Waals surface area contributed by atoms with Crippen LogP contribution in [-0.4, -0.2) is 47.3 Å². The number of amides is 1. The number of carbonyl (C=O) groups is 2. The minimum Gasteiger partial charge on any atom is -0.352 e. The van der Waals surface area contributed by atoms with Crippen molar-refractivity contribution in [3.63, 3.8) is 0 Å². The number of nitrogens with one attached hydrogen (secondary N) is 1. The van der Waals surface area contributed by atoms with Crippen LogP contribution >= 0.6 is 0 Å². The van der Waals surface area contributed by atoms with E-state index in [4.69, 9.17) is 0 Å². The van der Waals surface area contributed by atoms with Gasteiger partial charge in [-0.3, -0.25) is 9.59 Å². The number of aromatic nitrogens is 1. The van der Waals surface area contributed by atoms with Crippen molar-refractivity contribution in [2.45, 2.75) is 38.8 Å². The second-order valence-electron chi connectivity index (χ2n) is 6.73. The highest BCUT2D eigenvalue weighted by atomic mass is 16.1. The van der Waals surface area contributed by atoms with Crippen molar-refractivity contribution in [1.29, 1.82) is 0 Å². The first-order valence-corrected chi connectivity index (χ1v) is 8.61. The van der Waals surface area contributed by atoms with Gasteiger partial charge in [0.05, 0.1) is 0 Å². The molecule has 0 radical (unpaired) electrons. The van der Waals surface area contributed by atoms with Gasteiger partial charge >= 0.3 is 0 Å². The van der Waals surface area contributed by atoms with Crippen molar-refractivity contribution in [3.8, 4) is 0 Å². The fourth-order valence-electron chi connectivity index (χ4n) is 3.52. The van der Waals surface area contributed by atoms with Crippen LogP contribution in [0.5, 0.6) is 0 Å². The molecule has 5 heteroatoms. The van der Waals surface area contributed by atoms with Gasteiger partial charge in [-0.15, -0.1) is 0 Å². The Bertz CT molecular complexity index is 750. The molecule has 1 aromatic carbocycles. The van der Waals surface area contributed by atoms with Crippen molar-refractivity contribution in [2.75, 3.05) is 20.1 Å². The number of nitrogens with zero attached hydrogens (tertiary/aromatic N) is 2. The van der Waals surface area contributed by atoms with E-state index in [1.165, 1.54) is 0 Å². The number of hydrogen-bond acceptors (Lipinski definition) is 3. The number of benzene rings is 1. The number of ketones is 1. The molecule has 1 aromatic heterocycles. The van der Waals surface area contributed by atoms with Gasteiger partial charge in [-0.1, -0.05) is 18.2 Å². The van der Waals surface area contributed by atoms with Crippen LogP contribution in [0.2, 0.25) is 0 Å². The lowest BCUT2D eigenvalue weighted by molar-refractivity contribution is -0.122. The molecule has 1 aliphatic rings. The molecule has 1 fully saturated rings. The molecule has 1 aliphatic heterocycles. The predicted molar refractivity (Wildman–Crippen MR) is 95.2 cm³/mol. The number of para-hydroxylation sites is 1. The average molecular weight is 327 g/mol. The minimum atomic E-state index is 0.0552. The third kappa shape index (κ3) is 3.67. The van der Waals surface area contributed by atoms with E-state index >= 15 is 0 Å². The van der Waals surface area contributed by atoms with E-state index in [9.17, 15) is 9.59 Å². The summed E-state index contributed by atoms with van der Waals surface area (Å²) < 4.78 is 2.01. The zero-order chi connectivity index (χ0) is 17.1. The van der Waals surface area contributed by atoms with E-state index in [0.29, 0.717) is 13.0 Å². The van der Waals surface area contributed by atoms with Crippen LogP contribution in [0.1, 0.15) is 36.5 Å². The smallest absolute Gasteiger partial charge is 0.222 e. The van der Waals surface area contributed by atoms with Crippen molar-refractivity contribution in [1.82, 2.24) is 14.8 Å². The zero-order valence-electron chi connectivity index (χ0n) is 14.4. The second-order valence-corrected chi connectivity index (χ2v) is 6.73. The molecule has 2 aromatic rings. The fraction of sp³-hybridized carbons (Fsp3) is 0.474. The normalized spacial score (nSPS) is 18.7. The molecule has 2 heterocycles. The minimum absolute atomic E-state index is 0.0552. The quantitative estimate of drug-likeness (QED) is 0.858. The van der Waals surface area contributed by atoms with Crippen LogP contribution in [0.3, 0.4) is 0 Å². The van der Waals surface area contributed by atoms with E-state index in [1.54, 1.807) is 6.92 Å². The molecule has 5 nitrogen and oxygen atoms in total. The first-order valence-electron chi connectivity index (χ1n) is 8.61. The van der Waals surface area contributed by atoms with Gasteiger partial charge < -0.3 is 14.8 Å². The topological polar surface area (TPSA) is 54.3 Å². The molecule has 0 saturated carbocycles. The molecular formula is C19H25N3O2. The fourth-order valence-corrected chi connectivity index (χ4v) is 3.52. The lowest BCUT2D eigenvalue weighted by Gasteiger charge is -2.30. The van der Waals surface area contributed by atoms with Crippen molar-refractivity contribution < 1.29 is 9.59 Å². The van der Waals surface area contributed by atoms with Crippen LogP contribution in [0.25, 0.3) is 10.9 Å². The Morgan fingerprint density at radius 2 is 2.08 bits per heavy atom. The zero-order valence-corrected chi connectivity index (χ0v) is 14.4. The van der Waals surface area contributed by atoms with Crippen molar-refractivity contribution in [2.24, 2.45) is 0 Å². The standard InChI is InChI=1S/C19H25N3O2/c1-14(23)17-13-22(18-8-4-3-7-16(17)18)11-9-19(24)20-15-6-5-10-21(2)12-15/h3-4,7-8,13,15H,5-6,9-12H2,1-2H3,(H,20,24)/t15-/m1/s1. The van der Waals surface area contributed by atoms with Crippen LogP contribution in [0.4, 0.5) is 0 Å². The molecule has 3 rings (SSSR count). The molecule has 0 unspecified atom stereocenters. The second kappa shape index (κ2) is 7.18. The summed E-state index contributed by atoms with van der Waals surface area (Å²) in [7, 11) is 2.09. The maximum absolute atomic E-state index is 12.3. The van der Waals surface area contributed by atoms with Crippen LogP contribution in [-0.2, 0) is 11.3 Å². The lowest BCUT2D eigenvalue weighted by atomic mass is 10.1. The third-order valence-electron chi connectivity index (χ3n) is 4.74. The SMILES string of the molecule is CC(=O)c1cn(CCC(=O)N[C@@H]2CCCN(C)C2)c2ccccc12. The first-order chi connectivity index (χ1) is 11.5. The van der Waals surface area contributed by atoms with Crippen LogP contribution < -0.4 is 5.32 Å². The number of fused-ring (bicyclic) bond motifs is 1. The highest BCUT2D eigenvalue weighted by Crippen LogP contribution is 2.22. The molecule has 1 atom stereocenters. The van der Waals surface area contributed by atoms with E-state index in [1.807, 2.05) is 35.0 Å². The van der Waals surface area contributed by atoms with E-state index < -0.39 is 0 Å². The van der Waals surface area contributed by atoms with Crippen molar-refractivity contribution in [3.05, 3.63) is 36.0 Å². The maximum atomic E-state index is 12.3. The van der Waals surface area contributed by atoms with Crippen LogP contribution in [0.15, 0.2) is 30.5 Å². The number of piperidine rings is 1. The number of likely N-dealkylation sites (tertiary alicyclic amines) is 1. The number of carbonyl (C=O) groups excluding carboxylic acids is 2. The van der Waals surface area contributed by atoms with Gasteiger partial charge in [0, 0.05) is 48.2 Å². The number of aryl methyl sites for hydroxylation is 1. The molecule has 0 aliphatic carbocycles. The molecule has 0 bridgehead atoms. The summed E-state index contributed by atoms with van der Waals surface area (Å²) in [5.74, 6) is 0.136. The molecule has 1 N–H and O–H groups in total. The summed E-state index contributed by atoms with van der Waals surface area (Å²) in [6, 6.07) is 8.10. The predicted octanol–water partition coefficient (Wildman–Crippen LogP) is 2.44. The number of rotatable bonds is 5. The molecule has 0 spiro atoms. The number of Topliss-reactive ketones (excluding diaryl/α,β-unsaturated/α-hetero) is 1. The van der Waals surface area contributed by atoms with Gasteiger partial charge in [-0.25, -0.2) is 0 Å². The summed E-state index contributed by atoms with van der Waals surface area (Å²) in [5, 5.41) is 4.09. The first kappa shape index (κ1) is 16.7. The average Bonchev–Trinajstić information content (AvgIpc) is 2.92. The highest BCUT2D eigenvalue weighted by molar-refractivity contribution is 6.06. The van der Waals surface area contributed by atoms with Gasteiger partial charge in [0.1, 0.15) is 0 Å². The largest absolute Gasteiger partial charge is 0.352 e. The van der Waals surface area contributed by atoms with Gasteiger partial charge in [0.15, 0.2) is 5.78 Å². The Morgan fingerprint density at radius 3 is 2.83 bits per heavy atom. The van der Waals surface area contributed by atoms with E-state index in [0.717, 1.165) is 42.4 Å². The summed E-state index contributed by atoms with van der Waals surface area (Å²) in [5.41, 5.74) is 1.73. The Kier molecular flexibility index (Phi) is 5.00. The molecule has 1 amide bonds. The Morgan fingerprint density at radius 1 is 1.29 bits per heavy atom. The molecule has 1 saturated heterocycles. The maximum Gasteiger partial charge on any atom is 0.222 e. The van der Waals surface area contributed by atoms with Crippen molar-refractivity contribution >= 4 is 22.6 Å². The van der Waals surface area contributed by atoms with Gasteiger partial charge in [0.25, 0.3) is 0 Å². The molecule has 24 heavy (non-hydrogen) atoms. The number of hydrogen-bond donors (Lipinski definition) is 1.